The van der Waals surface area contributed by atoms with Crippen LogP contribution in [0.3, 0.4) is 0 Å². The molecule has 1 N–H and O–H groups in total. The fourth-order valence-corrected chi connectivity index (χ4v) is 1.61. The van der Waals surface area contributed by atoms with Crippen LogP contribution in [0.5, 0.6) is 0 Å². The summed E-state index contributed by atoms with van der Waals surface area (Å²) in [6.45, 7) is 12.1. The molecular formula is C19H33ClN2O3. The Morgan fingerprint density at radius 2 is 1.64 bits per heavy atom. The van der Waals surface area contributed by atoms with Crippen molar-refractivity contribution in [3.05, 3.63) is 35.4 Å². The lowest BCUT2D eigenvalue weighted by molar-refractivity contribution is 0.0541. The Kier molecular flexibility index (Phi) is 13.8. The Balaban J connectivity index is 0. The number of amides is 2. The van der Waals surface area contributed by atoms with Gasteiger partial charge in [-0.3, -0.25) is 4.79 Å². The van der Waals surface area contributed by atoms with E-state index in [-0.39, 0.29) is 17.6 Å². The number of carbonyl (C=O) groups is 2. The van der Waals surface area contributed by atoms with Crippen LogP contribution in [0.4, 0.5) is 4.79 Å². The molecule has 25 heavy (non-hydrogen) atoms. The summed E-state index contributed by atoms with van der Waals surface area (Å²) >= 11 is 5.65. The summed E-state index contributed by atoms with van der Waals surface area (Å²) in [7, 11) is 3.33. The average Bonchev–Trinajstić information content (AvgIpc) is 2.61. The Labute approximate surface area is 157 Å². The topological polar surface area (TPSA) is 58.6 Å². The maximum absolute atomic E-state index is 11.7. The molecule has 2 amide bonds. The third-order valence-corrected chi connectivity index (χ3v) is 3.09. The molecule has 0 fully saturated rings. The van der Waals surface area contributed by atoms with Crippen LogP contribution in [0.25, 0.3) is 0 Å². The molecule has 0 atom stereocenters. The van der Waals surface area contributed by atoms with E-state index in [1.54, 1.807) is 11.9 Å². The first kappa shape index (κ1) is 25.5. The molecule has 144 valence electrons. The van der Waals surface area contributed by atoms with Gasteiger partial charge >= 0.3 is 6.09 Å². The number of ether oxygens (including phenoxy) is 1. The molecule has 0 spiro atoms. The first-order valence-electron chi connectivity index (χ1n) is 8.45. The Morgan fingerprint density at radius 1 is 1.16 bits per heavy atom. The zero-order chi connectivity index (χ0) is 20.0. The van der Waals surface area contributed by atoms with Crippen LogP contribution >= 0.6 is 11.6 Å². The Morgan fingerprint density at radius 3 is 1.92 bits per heavy atom. The van der Waals surface area contributed by atoms with Crippen molar-refractivity contribution in [1.82, 2.24) is 10.2 Å². The predicted octanol–water partition coefficient (Wildman–Crippen LogP) is 4.68. The minimum absolute atomic E-state index is 0.0497. The van der Waals surface area contributed by atoms with E-state index in [4.69, 9.17) is 16.3 Å². The van der Waals surface area contributed by atoms with Crippen LogP contribution < -0.4 is 5.32 Å². The number of benzene rings is 1. The summed E-state index contributed by atoms with van der Waals surface area (Å²) in [5, 5.41) is 2.36. The molecule has 0 aromatic heterocycles. The first-order valence-corrected chi connectivity index (χ1v) is 8.99. The summed E-state index contributed by atoms with van der Waals surface area (Å²) < 4.78 is 4.84. The van der Waals surface area contributed by atoms with Gasteiger partial charge in [0.05, 0.1) is 0 Å². The van der Waals surface area contributed by atoms with E-state index >= 15 is 0 Å². The number of hydrogen-bond donors (Lipinski definition) is 1. The molecule has 0 aliphatic rings. The van der Waals surface area contributed by atoms with Crippen molar-refractivity contribution in [1.29, 1.82) is 0 Å². The van der Waals surface area contributed by atoms with Gasteiger partial charge in [-0.2, -0.15) is 0 Å². The average molecular weight is 373 g/mol. The van der Waals surface area contributed by atoms with Gasteiger partial charge in [0.1, 0.15) is 5.60 Å². The number of hydrogen-bond acceptors (Lipinski definition) is 3. The van der Waals surface area contributed by atoms with E-state index in [9.17, 15) is 9.59 Å². The van der Waals surface area contributed by atoms with Gasteiger partial charge in [-0.05, 0) is 45.4 Å². The number of nitrogens with one attached hydrogen (secondary N) is 1. The summed E-state index contributed by atoms with van der Waals surface area (Å²) in [6, 6.07) is 7.38. The van der Waals surface area contributed by atoms with Crippen LogP contribution in [-0.4, -0.2) is 43.1 Å². The second-order valence-electron chi connectivity index (χ2n) is 5.90. The fourth-order valence-electron chi connectivity index (χ4n) is 1.43. The Hall–Kier alpha value is -1.75. The maximum Gasteiger partial charge on any atom is 0.407 e. The van der Waals surface area contributed by atoms with Gasteiger partial charge in [0.25, 0.3) is 5.91 Å². The van der Waals surface area contributed by atoms with Crippen molar-refractivity contribution in [2.24, 2.45) is 0 Å². The molecule has 0 radical (unpaired) electrons. The van der Waals surface area contributed by atoms with Crippen LogP contribution in [0.15, 0.2) is 24.3 Å². The third kappa shape index (κ3) is 12.3. The quantitative estimate of drug-likeness (QED) is 0.783. The highest BCUT2D eigenvalue weighted by molar-refractivity contribution is 6.17. The summed E-state index contributed by atoms with van der Waals surface area (Å²) in [4.78, 5) is 23.8. The lowest BCUT2D eigenvalue weighted by Gasteiger charge is -2.18. The molecule has 0 unspecified atom stereocenters. The minimum Gasteiger partial charge on any atom is -0.444 e. The second kappa shape index (κ2) is 13.5. The van der Waals surface area contributed by atoms with E-state index in [0.29, 0.717) is 11.4 Å². The third-order valence-electron chi connectivity index (χ3n) is 2.78. The van der Waals surface area contributed by atoms with Gasteiger partial charge in [0.2, 0.25) is 0 Å². The van der Waals surface area contributed by atoms with E-state index in [0.717, 1.165) is 12.1 Å². The van der Waals surface area contributed by atoms with E-state index in [2.05, 4.69) is 5.32 Å². The van der Waals surface area contributed by atoms with Gasteiger partial charge < -0.3 is 15.0 Å². The van der Waals surface area contributed by atoms with E-state index in [1.165, 1.54) is 7.05 Å². The van der Waals surface area contributed by atoms with Gasteiger partial charge in [-0.1, -0.05) is 26.0 Å². The van der Waals surface area contributed by atoms with Gasteiger partial charge in [-0.15, -0.1) is 11.6 Å². The van der Waals surface area contributed by atoms with E-state index in [1.807, 2.05) is 65.8 Å². The highest BCUT2D eigenvalue weighted by Gasteiger charge is 2.14. The number of alkyl carbamates (subject to hydrolysis) is 1. The highest BCUT2D eigenvalue weighted by Crippen LogP contribution is 2.08. The minimum atomic E-state index is -0.389. The highest BCUT2D eigenvalue weighted by atomic mass is 35.5. The van der Waals surface area contributed by atoms with Crippen LogP contribution in [0, 0.1) is 0 Å². The molecule has 0 saturated carbocycles. The van der Waals surface area contributed by atoms with Crippen molar-refractivity contribution in [2.45, 2.75) is 53.0 Å². The van der Waals surface area contributed by atoms with Crippen molar-refractivity contribution in [3.8, 4) is 0 Å². The van der Waals surface area contributed by atoms with E-state index < -0.39 is 0 Å². The van der Waals surface area contributed by atoms with Crippen molar-refractivity contribution >= 4 is 23.6 Å². The molecule has 1 rings (SSSR count). The number of nitrogens with zero attached hydrogens (tertiary/aromatic N) is 1. The lowest BCUT2D eigenvalue weighted by Crippen LogP contribution is -2.30. The van der Waals surface area contributed by atoms with Gasteiger partial charge in [-0.25, -0.2) is 4.79 Å². The summed E-state index contributed by atoms with van der Waals surface area (Å²) in [5.74, 6) is 0.534. The number of alkyl halides is 1. The molecule has 0 aliphatic heterocycles. The van der Waals surface area contributed by atoms with Gasteiger partial charge in [0, 0.05) is 32.1 Å². The van der Waals surface area contributed by atoms with Crippen molar-refractivity contribution in [3.63, 3.8) is 0 Å². The number of halogens is 1. The lowest BCUT2D eigenvalue weighted by atomic mass is 10.1. The largest absolute Gasteiger partial charge is 0.444 e. The zero-order valence-corrected chi connectivity index (χ0v) is 17.5. The molecular weight excluding hydrogens is 340 g/mol. The smallest absolute Gasteiger partial charge is 0.407 e. The first-order chi connectivity index (χ1) is 11.6. The molecule has 1 aromatic rings. The Bertz CT molecular complexity index is 496. The molecule has 0 bridgehead atoms. The fraction of sp³-hybridized carbons (Fsp3) is 0.579. The van der Waals surface area contributed by atoms with Crippen molar-refractivity contribution in [2.75, 3.05) is 20.6 Å². The summed E-state index contributed by atoms with van der Waals surface area (Å²) in [6.07, 6.45) is -0.387. The molecule has 6 heteroatoms. The summed E-state index contributed by atoms with van der Waals surface area (Å²) in [5.41, 5.74) is 1.35. The van der Waals surface area contributed by atoms with Crippen LogP contribution in [0.2, 0.25) is 0 Å². The zero-order valence-electron chi connectivity index (χ0n) is 16.8. The maximum atomic E-state index is 11.7. The van der Waals surface area contributed by atoms with Gasteiger partial charge in [0.15, 0.2) is 0 Å². The molecule has 1 aromatic carbocycles. The van der Waals surface area contributed by atoms with Crippen LogP contribution in [-0.2, 0) is 10.6 Å². The SMILES string of the molecule is CC.CCN(C)C(=O)c1ccc(CCl)cc1.CNC(=O)OC(C)(C)C. The molecule has 5 nitrogen and oxygen atoms in total. The standard InChI is InChI=1S/C11H14ClNO.C6H13NO2.C2H6/c1-3-13(2)11(14)10-6-4-9(8-12)5-7-10;1-6(2,3)9-5(8)7-4;1-2/h4-7H,3,8H2,1-2H3;1-4H3,(H,7,8);1-2H3. The number of carbonyl (C=O) groups excluding carboxylic acids is 2. The monoisotopic (exact) mass is 372 g/mol. The molecule has 0 saturated heterocycles. The molecule has 0 heterocycles. The number of rotatable bonds is 3. The molecule has 0 aliphatic carbocycles. The normalized spacial score (nSPS) is 9.64. The second-order valence-corrected chi connectivity index (χ2v) is 6.17. The van der Waals surface area contributed by atoms with Crippen LogP contribution in [0.1, 0.15) is 57.5 Å². The predicted molar refractivity (Wildman–Crippen MR) is 105 cm³/mol. The van der Waals surface area contributed by atoms with Crippen molar-refractivity contribution < 1.29 is 14.3 Å².